The number of fused-ring (bicyclic) bond motifs is 9. The van der Waals surface area contributed by atoms with Crippen LogP contribution in [0.25, 0.3) is 33.8 Å². The number of benzene rings is 3. The molecule has 9 rings (SSSR count). The van der Waals surface area contributed by atoms with Gasteiger partial charge < -0.3 is 15.0 Å². The number of aromatic nitrogens is 3. The van der Waals surface area contributed by atoms with Gasteiger partial charge in [0, 0.05) is 18.6 Å². The summed E-state index contributed by atoms with van der Waals surface area (Å²) in [6.45, 7) is 13.5. The van der Waals surface area contributed by atoms with E-state index in [4.69, 9.17) is 0 Å². The summed E-state index contributed by atoms with van der Waals surface area (Å²) in [6.07, 6.45) is 5.56. The van der Waals surface area contributed by atoms with E-state index in [1.807, 2.05) is 73.2 Å². The Morgan fingerprint density at radius 3 is 0.935 bits per heavy atom. The molecule has 0 unspecified atom stereocenters. The first-order valence-corrected chi connectivity index (χ1v) is 15.5. The third-order valence-corrected chi connectivity index (χ3v) is 9.74. The van der Waals surface area contributed by atoms with Gasteiger partial charge in [-0.3, -0.25) is 0 Å². The molecular weight excluding hydrogens is 739 g/mol. The van der Waals surface area contributed by atoms with Crippen molar-refractivity contribution < 1.29 is 20.1 Å². The van der Waals surface area contributed by atoms with E-state index < -0.39 is 0 Å². The van der Waals surface area contributed by atoms with E-state index in [-0.39, 0.29) is 36.4 Å². The van der Waals surface area contributed by atoms with Crippen molar-refractivity contribution >= 4 is 0 Å². The van der Waals surface area contributed by atoms with Crippen LogP contribution in [0.2, 0.25) is 0 Å². The van der Waals surface area contributed by atoms with Gasteiger partial charge in [0.2, 0.25) is 0 Å². The Hall–Kier alpha value is -4.24. The smallest absolute Gasteiger partial charge is 0.304 e. The fourth-order valence-electron chi connectivity index (χ4n) is 7.22. The van der Waals surface area contributed by atoms with Crippen molar-refractivity contribution in [1.29, 1.82) is 0 Å². The Morgan fingerprint density at radius 2 is 0.652 bits per heavy atom. The van der Waals surface area contributed by atoms with Gasteiger partial charge in [0.25, 0.3) is 0 Å². The fourth-order valence-corrected chi connectivity index (χ4v) is 7.22. The number of hydrogen-bond acceptors (Lipinski definition) is 3. The van der Waals surface area contributed by atoms with Gasteiger partial charge in [0.15, 0.2) is 0 Å². The molecule has 3 aromatic heterocycles. The molecule has 0 aliphatic heterocycles. The zero-order chi connectivity index (χ0) is 31.4. The van der Waals surface area contributed by atoms with Crippen molar-refractivity contribution in [3.8, 4) is 33.8 Å². The molecular formula is C42H36IrN3. The first-order chi connectivity index (χ1) is 21.6. The molecule has 0 radical (unpaired) electrons. The zero-order valence-corrected chi connectivity index (χ0v) is 29.5. The van der Waals surface area contributed by atoms with E-state index >= 15 is 0 Å². The van der Waals surface area contributed by atoms with Crippen LogP contribution in [-0.2, 0) is 36.4 Å². The molecule has 0 N–H and O–H groups in total. The van der Waals surface area contributed by atoms with Crippen molar-refractivity contribution in [3.05, 3.63) is 161 Å². The second-order valence-electron chi connectivity index (χ2n) is 13.5. The predicted octanol–water partition coefficient (Wildman–Crippen LogP) is 9.56. The standard InChI is InChI=1S/3C14H12N.Ir/c3*1-14(2)11-7-4-3-6-10(11)13-12(14)8-5-9-15-13;/h3*3-5,7-9H,1-2H3;/q3*-1;+3. The molecule has 0 saturated heterocycles. The molecule has 3 nitrogen and oxygen atoms in total. The molecule has 3 aromatic carbocycles. The fraction of sp³-hybridized carbons (Fsp3) is 0.214. The minimum absolute atomic E-state index is 0. The molecule has 0 amide bonds. The maximum absolute atomic E-state index is 4.46. The summed E-state index contributed by atoms with van der Waals surface area (Å²) in [4.78, 5) is 13.4. The Morgan fingerprint density at radius 1 is 0.391 bits per heavy atom. The number of nitrogens with zero attached hydrogens (tertiary/aromatic N) is 3. The van der Waals surface area contributed by atoms with Crippen molar-refractivity contribution in [3.63, 3.8) is 0 Å². The van der Waals surface area contributed by atoms with Gasteiger partial charge in [-0.1, -0.05) is 76.4 Å². The van der Waals surface area contributed by atoms with E-state index in [1.165, 1.54) is 33.4 Å². The maximum Gasteiger partial charge on any atom is 3.00 e. The van der Waals surface area contributed by atoms with Crippen LogP contribution < -0.4 is 0 Å². The molecule has 6 aromatic rings. The predicted molar refractivity (Wildman–Crippen MR) is 182 cm³/mol. The minimum atomic E-state index is 0. The van der Waals surface area contributed by atoms with Crippen LogP contribution in [0, 0.1) is 18.2 Å². The molecule has 46 heavy (non-hydrogen) atoms. The molecule has 0 saturated carbocycles. The average Bonchev–Trinajstić information content (AvgIpc) is 3.56. The summed E-state index contributed by atoms with van der Waals surface area (Å²) in [5.41, 5.74) is 14.9. The number of pyridine rings is 3. The summed E-state index contributed by atoms with van der Waals surface area (Å²) < 4.78 is 0. The van der Waals surface area contributed by atoms with E-state index in [0.29, 0.717) is 0 Å². The second-order valence-corrected chi connectivity index (χ2v) is 13.5. The first kappa shape index (κ1) is 31.7. The number of rotatable bonds is 0. The van der Waals surface area contributed by atoms with Gasteiger partial charge in [-0.25, -0.2) is 0 Å². The van der Waals surface area contributed by atoms with E-state index in [0.717, 1.165) is 33.8 Å². The molecule has 0 bridgehead atoms. The van der Waals surface area contributed by atoms with Crippen LogP contribution in [0.3, 0.4) is 0 Å². The molecule has 0 atom stereocenters. The quantitative estimate of drug-likeness (QED) is 0.145. The molecule has 0 spiro atoms. The first-order valence-electron chi connectivity index (χ1n) is 15.5. The summed E-state index contributed by atoms with van der Waals surface area (Å²) in [6, 6.07) is 40.9. The summed E-state index contributed by atoms with van der Waals surface area (Å²) in [5, 5.41) is 0. The van der Waals surface area contributed by atoms with Crippen LogP contribution in [0.5, 0.6) is 0 Å². The molecule has 4 heteroatoms. The molecule has 0 fully saturated rings. The largest absolute Gasteiger partial charge is 3.00 e. The van der Waals surface area contributed by atoms with Crippen molar-refractivity contribution in [2.45, 2.75) is 57.8 Å². The van der Waals surface area contributed by atoms with Gasteiger partial charge in [-0.05, 0) is 51.5 Å². The van der Waals surface area contributed by atoms with Crippen molar-refractivity contribution in [1.82, 2.24) is 15.0 Å². The van der Waals surface area contributed by atoms with E-state index in [9.17, 15) is 0 Å². The molecule has 3 aliphatic carbocycles. The average molecular weight is 775 g/mol. The topological polar surface area (TPSA) is 38.7 Å². The SMILES string of the molecule is CC1(C)c2ccc[c-]c2-c2ncccc21.CC1(C)c2ccc[c-]c2-c2ncccc21.CC1(C)c2ccc[c-]c2-c2ncccc21.[Ir+3]. The Balaban J connectivity index is 0.000000120. The van der Waals surface area contributed by atoms with Gasteiger partial charge in [0.05, 0.1) is 0 Å². The van der Waals surface area contributed by atoms with E-state index in [2.05, 4.69) is 111 Å². The van der Waals surface area contributed by atoms with E-state index in [1.54, 1.807) is 0 Å². The third kappa shape index (κ3) is 4.96. The molecule has 228 valence electrons. The van der Waals surface area contributed by atoms with Gasteiger partial charge in [0.1, 0.15) is 0 Å². The monoisotopic (exact) mass is 775 g/mol. The molecule has 3 aliphatic rings. The summed E-state index contributed by atoms with van der Waals surface area (Å²) in [7, 11) is 0. The molecule has 3 heterocycles. The van der Waals surface area contributed by atoms with Crippen LogP contribution in [0.4, 0.5) is 0 Å². The Bertz CT molecular complexity index is 1680. The van der Waals surface area contributed by atoms with Crippen LogP contribution in [0.1, 0.15) is 74.9 Å². The third-order valence-electron chi connectivity index (χ3n) is 9.74. The van der Waals surface area contributed by atoms with Gasteiger partial charge >= 0.3 is 20.1 Å². The van der Waals surface area contributed by atoms with Gasteiger partial charge in [-0.2, -0.15) is 0 Å². The Labute approximate surface area is 286 Å². The van der Waals surface area contributed by atoms with Crippen molar-refractivity contribution in [2.24, 2.45) is 0 Å². The minimum Gasteiger partial charge on any atom is -0.304 e. The van der Waals surface area contributed by atoms with Crippen LogP contribution in [-0.4, -0.2) is 15.0 Å². The van der Waals surface area contributed by atoms with Crippen molar-refractivity contribution in [2.75, 3.05) is 0 Å². The zero-order valence-electron chi connectivity index (χ0n) is 27.1. The number of hydrogen-bond donors (Lipinski definition) is 0. The maximum atomic E-state index is 4.46. The van der Waals surface area contributed by atoms with Crippen LogP contribution >= 0.6 is 0 Å². The van der Waals surface area contributed by atoms with Crippen LogP contribution in [0.15, 0.2) is 110 Å². The summed E-state index contributed by atoms with van der Waals surface area (Å²) >= 11 is 0. The van der Waals surface area contributed by atoms with Gasteiger partial charge in [-0.15, -0.1) is 106 Å². The Kier molecular flexibility index (Phi) is 8.17. The normalized spacial score (nSPS) is 15.5. The second kappa shape index (κ2) is 11.8. The summed E-state index contributed by atoms with van der Waals surface area (Å²) in [5.74, 6) is 0.